The van der Waals surface area contributed by atoms with Crippen LogP contribution < -0.4 is 11.1 Å². The van der Waals surface area contributed by atoms with Crippen molar-refractivity contribution in [1.29, 1.82) is 0 Å². The van der Waals surface area contributed by atoms with Crippen molar-refractivity contribution < 1.29 is 9.59 Å². The van der Waals surface area contributed by atoms with Gasteiger partial charge < -0.3 is 16.0 Å². The molecule has 6 nitrogen and oxygen atoms in total. The van der Waals surface area contributed by atoms with Crippen molar-refractivity contribution in [2.45, 2.75) is 51.1 Å². The van der Waals surface area contributed by atoms with Crippen LogP contribution in [0, 0.1) is 11.8 Å². The van der Waals surface area contributed by atoms with Gasteiger partial charge >= 0.3 is 0 Å². The molecule has 0 aromatic carbocycles. The highest BCUT2D eigenvalue weighted by atomic mass is 35.5. The van der Waals surface area contributed by atoms with Crippen LogP contribution in [-0.4, -0.2) is 66.4 Å². The van der Waals surface area contributed by atoms with Gasteiger partial charge in [0, 0.05) is 38.1 Å². The highest BCUT2D eigenvalue weighted by Gasteiger charge is 2.37. The predicted octanol–water partition coefficient (Wildman–Crippen LogP) is 1.02. The number of carbonyl (C=O) groups is 2. The minimum absolute atomic E-state index is 0. The molecular weight excluding hydrogens is 363 g/mol. The molecule has 3 atom stereocenters. The van der Waals surface area contributed by atoms with E-state index < -0.39 is 0 Å². The molecule has 2 aliphatic heterocycles. The van der Waals surface area contributed by atoms with Crippen LogP contribution in [0.4, 0.5) is 0 Å². The first-order chi connectivity index (χ1) is 11.1. The molecule has 0 aromatic heterocycles. The summed E-state index contributed by atoms with van der Waals surface area (Å²) in [4.78, 5) is 28.8. The monoisotopic (exact) mass is 394 g/mol. The second kappa shape index (κ2) is 9.95. The Balaban J connectivity index is 0.00000156. The van der Waals surface area contributed by atoms with Crippen molar-refractivity contribution >= 4 is 36.6 Å². The molecule has 3 N–H and O–H groups in total. The molecule has 8 heteroatoms. The maximum Gasteiger partial charge on any atom is 0.225 e. The van der Waals surface area contributed by atoms with E-state index >= 15 is 0 Å². The van der Waals surface area contributed by atoms with Crippen molar-refractivity contribution in [3.05, 3.63) is 0 Å². The van der Waals surface area contributed by atoms with E-state index in [-0.39, 0.29) is 48.6 Å². The first kappa shape index (κ1) is 22.5. The van der Waals surface area contributed by atoms with E-state index in [1.165, 1.54) is 19.3 Å². The topological polar surface area (TPSA) is 78.7 Å². The fraction of sp³-hybridized carbons (Fsp3) is 0.882. The summed E-state index contributed by atoms with van der Waals surface area (Å²) < 4.78 is 0. The number of likely N-dealkylation sites (N-methyl/N-ethyl adjacent to an activating group) is 1. The molecule has 2 heterocycles. The summed E-state index contributed by atoms with van der Waals surface area (Å²) in [6.45, 7) is 6.22. The summed E-state index contributed by atoms with van der Waals surface area (Å²) in [6, 6.07) is 0.540. The van der Waals surface area contributed by atoms with E-state index in [0.29, 0.717) is 31.5 Å². The van der Waals surface area contributed by atoms with E-state index in [2.05, 4.69) is 17.1 Å². The molecule has 0 bridgehead atoms. The van der Waals surface area contributed by atoms with Gasteiger partial charge in [0.15, 0.2) is 0 Å². The van der Waals surface area contributed by atoms with E-state index in [1.807, 2.05) is 4.90 Å². The zero-order chi connectivity index (χ0) is 16.4. The molecule has 3 aliphatic rings. The molecule has 1 aliphatic carbocycles. The van der Waals surface area contributed by atoms with Gasteiger partial charge in [-0.3, -0.25) is 14.5 Å². The molecule has 0 radical (unpaired) electrons. The molecule has 3 fully saturated rings. The van der Waals surface area contributed by atoms with Crippen LogP contribution in [0.5, 0.6) is 0 Å². The van der Waals surface area contributed by atoms with Crippen LogP contribution in [0.1, 0.15) is 39.0 Å². The zero-order valence-corrected chi connectivity index (χ0v) is 16.6. The molecule has 3 rings (SSSR count). The summed E-state index contributed by atoms with van der Waals surface area (Å²) in [7, 11) is 0. The lowest BCUT2D eigenvalue weighted by molar-refractivity contribution is -0.129. The first-order valence-electron chi connectivity index (χ1n) is 9.13. The summed E-state index contributed by atoms with van der Waals surface area (Å²) in [6.07, 6.45) is 5.08. The highest BCUT2D eigenvalue weighted by Crippen LogP contribution is 2.31. The highest BCUT2D eigenvalue weighted by molar-refractivity contribution is 5.89. The number of halogens is 2. The number of likely N-dealkylation sites (tertiary alicyclic amines) is 2. The van der Waals surface area contributed by atoms with Crippen LogP contribution in [0.3, 0.4) is 0 Å². The van der Waals surface area contributed by atoms with Gasteiger partial charge in [0.05, 0.1) is 5.92 Å². The van der Waals surface area contributed by atoms with Crippen molar-refractivity contribution in [2.24, 2.45) is 17.6 Å². The second-order valence-electron chi connectivity index (χ2n) is 7.37. The maximum atomic E-state index is 12.3. The Bertz CT molecular complexity index is 462. The zero-order valence-electron chi connectivity index (χ0n) is 15.0. The fourth-order valence-electron chi connectivity index (χ4n) is 3.95. The third kappa shape index (κ3) is 5.71. The molecule has 146 valence electrons. The van der Waals surface area contributed by atoms with Crippen molar-refractivity contribution in [3.63, 3.8) is 0 Å². The molecule has 0 spiro atoms. The Kier molecular flexibility index (Phi) is 8.95. The average molecular weight is 395 g/mol. The summed E-state index contributed by atoms with van der Waals surface area (Å²) in [5.41, 5.74) is 6.02. The lowest BCUT2D eigenvalue weighted by Gasteiger charge is -2.27. The maximum absolute atomic E-state index is 12.3. The van der Waals surface area contributed by atoms with Gasteiger partial charge in [-0.15, -0.1) is 24.8 Å². The molecule has 0 aromatic rings. The minimum Gasteiger partial charge on any atom is -0.354 e. The molecule has 2 amide bonds. The van der Waals surface area contributed by atoms with Crippen molar-refractivity contribution in [1.82, 2.24) is 15.1 Å². The first-order valence-corrected chi connectivity index (χ1v) is 9.13. The van der Waals surface area contributed by atoms with Gasteiger partial charge in [0.25, 0.3) is 0 Å². The lowest BCUT2D eigenvalue weighted by atomic mass is 10.1. The lowest BCUT2D eigenvalue weighted by Crippen LogP contribution is -2.43. The van der Waals surface area contributed by atoms with E-state index in [9.17, 15) is 9.59 Å². The number of amides is 2. The summed E-state index contributed by atoms with van der Waals surface area (Å²) >= 11 is 0. The number of carbonyl (C=O) groups excluding carboxylic acids is 2. The summed E-state index contributed by atoms with van der Waals surface area (Å²) in [5.74, 6) is 0.500. The van der Waals surface area contributed by atoms with E-state index in [1.54, 1.807) is 0 Å². The van der Waals surface area contributed by atoms with E-state index in [4.69, 9.17) is 5.73 Å². The van der Waals surface area contributed by atoms with Gasteiger partial charge in [-0.25, -0.2) is 0 Å². The largest absolute Gasteiger partial charge is 0.354 e. The number of rotatable bonds is 7. The Morgan fingerprint density at radius 2 is 2.04 bits per heavy atom. The standard InChI is InChI=1S/C17H30N4O2.2ClH/c1-2-20-7-3-4-14(20)11-21-10-13(8-16(21)22)17(23)19-9-15(18)12-5-6-12;;/h12-15H,2-11,18H2,1H3,(H,19,23);2*1H. The van der Waals surface area contributed by atoms with Crippen LogP contribution in [-0.2, 0) is 9.59 Å². The molecule has 25 heavy (non-hydrogen) atoms. The normalized spacial score (nSPS) is 27.6. The summed E-state index contributed by atoms with van der Waals surface area (Å²) in [5, 5.41) is 2.95. The smallest absolute Gasteiger partial charge is 0.225 e. The quantitative estimate of drug-likeness (QED) is 0.675. The van der Waals surface area contributed by atoms with E-state index in [0.717, 1.165) is 26.1 Å². The van der Waals surface area contributed by atoms with Gasteiger partial charge in [0.2, 0.25) is 11.8 Å². The second-order valence-corrected chi connectivity index (χ2v) is 7.37. The number of hydrogen-bond acceptors (Lipinski definition) is 4. The van der Waals surface area contributed by atoms with Gasteiger partial charge in [-0.1, -0.05) is 6.92 Å². The third-order valence-corrected chi connectivity index (χ3v) is 5.66. The fourth-order valence-corrected chi connectivity index (χ4v) is 3.95. The van der Waals surface area contributed by atoms with Gasteiger partial charge in [-0.2, -0.15) is 0 Å². The molecule has 2 saturated heterocycles. The Morgan fingerprint density at radius 3 is 2.68 bits per heavy atom. The number of nitrogens with two attached hydrogens (primary N) is 1. The Labute approximate surface area is 163 Å². The Hall–Kier alpha value is -0.560. The van der Waals surface area contributed by atoms with Crippen LogP contribution in [0.15, 0.2) is 0 Å². The minimum atomic E-state index is -0.203. The predicted molar refractivity (Wildman–Crippen MR) is 103 cm³/mol. The Morgan fingerprint density at radius 1 is 1.32 bits per heavy atom. The number of nitrogens with zero attached hydrogens (tertiary/aromatic N) is 2. The molecule has 3 unspecified atom stereocenters. The van der Waals surface area contributed by atoms with Crippen LogP contribution in [0.25, 0.3) is 0 Å². The average Bonchev–Trinajstić information content (AvgIpc) is 3.20. The van der Waals surface area contributed by atoms with Crippen LogP contribution in [0.2, 0.25) is 0 Å². The molecular formula is C17H32Cl2N4O2. The van der Waals surface area contributed by atoms with Crippen molar-refractivity contribution in [3.8, 4) is 0 Å². The van der Waals surface area contributed by atoms with Gasteiger partial charge in [0.1, 0.15) is 0 Å². The van der Waals surface area contributed by atoms with Crippen molar-refractivity contribution in [2.75, 3.05) is 32.7 Å². The third-order valence-electron chi connectivity index (χ3n) is 5.66. The molecule has 1 saturated carbocycles. The number of hydrogen-bond donors (Lipinski definition) is 2. The SMILES string of the molecule is CCN1CCCC1CN1CC(C(=O)NCC(N)C2CC2)CC1=O.Cl.Cl. The van der Waals surface area contributed by atoms with Crippen LogP contribution >= 0.6 is 24.8 Å². The number of nitrogens with one attached hydrogen (secondary N) is 1. The van der Waals surface area contributed by atoms with Gasteiger partial charge in [-0.05, 0) is 44.7 Å².